The molecular formula is C25H30FN2O3+. The molecule has 0 heterocycles. The number of carbonyl (C=O) groups excluding carboxylic acids is 1. The van der Waals surface area contributed by atoms with Crippen LogP contribution in [0.2, 0.25) is 0 Å². The van der Waals surface area contributed by atoms with E-state index in [2.05, 4.69) is 6.07 Å². The molecule has 0 aliphatic carbocycles. The molecule has 0 saturated carbocycles. The molecule has 31 heavy (non-hydrogen) atoms. The highest BCUT2D eigenvalue weighted by Gasteiger charge is 2.18. The van der Waals surface area contributed by atoms with Crippen LogP contribution in [0.5, 0.6) is 11.5 Å². The molecule has 0 aliphatic heterocycles. The van der Waals surface area contributed by atoms with E-state index in [9.17, 15) is 9.18 Å². The number of quaternary nitrogens is 1. The normalized spacial score (nSPS) is 11.9. The predicted molar refractivity (Wildman–Crippen MR) is 120 cm³/mol. The molecule has 1 amide bonds. The van der Waals surface area contributed by atoms with Gasteiger partial charge in [-0.05, 0) is 59.7 Å². The smallest absolute Gasteiger partial charge is 0.277 e. The lowest BCUT2D eigenvalue weighted by atomic mass is 10.1. The van der Waals surface area contributed by atoms with Crippen molar-refractivity contribution in [2.24, 2.45) is 0 Å². The molecular weight excluding hydrogens is 395 g/mol. The van der Waals surface area contributed by atoms with Crippen LogP contribution in [0.1, 0.15) is 18.1 Å². The standard InChI is InChI=1S/C25H29FN2O3/c1-5-28(16-19-7-11-24(31-4)23(26)13-19)17-25(29)27(2)15-18-6-8-21-14-22(30-3)10-9-20(21)12-18/h6-14H,5,15-17H2,1-4H3/p+1. The van der Waals surface area contributed by atoms with Gasteiger partial charge in [0.2, 0.25) is 0 Å². The van der Waals surface area contributed by atoms with Gasteiger partial charge in [0.25, 0.3) is 5.91 Å². The topological polar surface area (TPSA) is 43.2 Å². The van der Waals surface area contributed by atoms with Gasteiger partial charge in [-0.15, -0.1) is 0 Å². The number of nitrogens with zero attached hydrogens (tertiary/aromatic N) is 1. The molecule has 3 aromatic rings. The predicted octanol–water partition coefficient (Wildman–Crippen LogP) is 3.06. The fourth-order valence-electron chi connectivity index (χ4n) is 3.63. The fraction of sp³-hybridized carbons (Fsp3) is 0.320. The number of hydrogen-bond donors (Lipinski definition) is 1. The summed E-state index contributed by atoms with van der Waals surface area (Å²) in [6.45, 7) is 4.26. The first kappa shape index (κ1) is 22.6. The Morgan fingerprint density at radius 2 is 1.68 bits per heavy atom. The van der Waals surface area contributed by atoms with Crippen molar-refractivity contribution in [2.75, 3.05) is 34.4 Å². The Morgan fingerprint density at radius 1 is 0.968 bits per heavy atom. The fourth-order valence-corrected chi connectivity index (χ4v) is 3.63. The molecule has 3 rings (SSSR count). The van der Waals surface area contributed by atoms with Crippen molar-refractivity contribution >= 4 is 16.7 Å². The molecule has 1 atom stereocenters. The zero-order chi connectivity index (χ0) is 22.4. The van der Waals surface area contributed by atoms with Gasteiger partial charge in [-0.3, -0.25) is 4.79 Å². The first-order valence-electron chi connectivity index (χ1n) is 10.4. The number of benzene rings is 3. The molecule has 0 aliphatic rings. The lowest BCUT2D eigenvalue weighted by molar-refractivity contribution is -0.904. The Bertz CT molecular complexity index is 1050. The second-order valence-electron chi connectivity index (χ2n) is 7.72. The maximum Gasteiger partial charge on any atom is 0.277 e. The summed E-state index contributed by atoms with van der Waals surface area (Å²) in [5, 5.41) is 2.21. The van der Waals surface area contributed by atoms with Crippen LogP contribution in [0.3, 0.4) is 0 Å². The van der Waals surface area contributed by atoms with Gasteiger partial charge in [0.15, 0.2) is 18.1 Å². The summed E-state index contributed by atoms with van der Waals surface area (Å²) in [5.74, 6) is 0.729. The van der Waals surface area contributed by atoms with E-state index < -0.39 is 0 Å². The Labute approximate surface area is 183 Å². The number of ether oxygens (including phenoxy) is 2. The largest absolute Gasteiger partial charge is 0.497 e. The minimum atomic E-state index is -0.382. The van der Waals surface area contributed by atoms with Crippen molar-refractivity contribution in [3.05, 3.63) is 71.5 Å². The third-order valence-corrected chi connectivity index (χ3v) is 5.53. The lowest BCUT2D eigenvalue weighted by Gasteiger charge is -2.22. The summed E-state index contributed by atoms with van der Waals surface area (Å²) in [6, 6.07) is 17.1. The van der Waals surface area contributed by atoms with E-state index in [0.717, 1.165) is 39.1 Å². The zero-order valence-electron chi connectivity index (χ0n) is 18.6. The summed E-state index contributed by atoms with van der Waals surface area (Å²) < 4.78 is 24.2. The first-order valence-corrected chi connectivity index (χ1v) is 10.4. The molecule has 0 saturated heterocycles. The van der Waals surface area contributed by atoms with Crippen molar-refractivity contribution in [1.82, 2.24) is 4.90 Å². The maximum atomic E-state index is 14.0. The van der Waals surface area contributed by atoms with E-state index in [1.807, 2.05) is 50.4 Å². The molecule has 0 aromatic heterocycles. The van der Waals surface area contributed by atoms with E-state index in [1.165, 1.54) is 13.2 Å². The molecule has 164 valence electrons. The van der Waals surface area contributed by atoms with Gasteiger partial charge in [0, 0.05) is 19.2 Å². The number of amides is 1. The molecule has 0 fully saturated rings. The van der Waals surface area contributed by atoms with Crippen LogP contribution < -0.4 is 14.4 Å². The number of likely N-dealkylation sites (N-methyl/N-ethyl adjacent to an activating group) is 2. The number of hydrogen-bond acceptors (Lipinski definition) is 3. The van der Waals surface area contributed by atoms with E-state index in [-0.39, 0.29) is 17.5 Å². The van der Waals surface area contributed by atoms with Crippen LogP contribution in [-0.4, -0.2) is 45.2 Å². The minimum Gasteiger partial charge on any atom is -0.497 e. The average Bonchev–Trinajstić information content (AvgIpc) is 2.78. The highest BCUT2D eigenvalue weighted by molar-refractivity contribution is 5.84. The van der Waals surface area contributed by atoms with E-state index in [0.29, 0.717) is 19.6 Å². The van der Waals surface area contributed by atoms with Gasteiger partial charge in [-0.2, -0.15) is 0 Å². The van der Waals surface area contributed by atoms with Crippen LogP contribution >= 0.6 is 0 Å². The minimum absolute atomic E-state index is 0.0562. The van der Waals surface area contributed by atoms with E-state index >= 15 is 0 Å². The molecule has 1 N–H and O–H groups in total. The third kappa shape index (κ3) is 5.73. The average molecular weight is 426 g/mol. The number of carbonyl (C=O) groups is 1. The van der Waals surface area contributed by atoms with E-state index in [4.69, 9.17) is 9.47 Å². The molecule has 3 aromatic carbocycles. The lowest BCUT2D eigenvalue weighted by Crippen LogP contribution is -3.11. The summed E-state index contributed by atoms with van der Waals surface area (Å²) in [5.41, 5.74) is 1.92. The Hall–Kier alpha value is -3.12. The zero-order valence-corrected chi connectivity index (χ0v) is 18.6. The Kier molecular flexibility index (Phi) is 7.47. The van der Waals surface area contributed by atoms with Crippen LogP contribution in [0, 0.1) is 5.82 Å². The van der Waals surface area contributed by atoms with Crippen molar-refractivity contribution in [3.63, 3.8) is 0 Å². The first-order chi connectivity index (χ1) is 14.9. The number of nitrogens with one attached hydrogen (secondary N) is 1. The molecule has 1 unspecified atom stereocenters. The maximum absolute atomic E-state index is 14.0. The quantitative estimate of drug-likeness (QED) is 0.573. The van der Waals surface area contributed by atoms with Gasteiger partial charge in [0.05, 0.1) is 20.8 Å². The summed E-state index contributed by atoms with van der Waals surface area (Å²) in [4.78, 5) is 15.6. The molecule has 0 spiro atoms. The van der Waals surface area contributed by atoms with Gasteiger partial charge >= 0.3 is 0 Å². The van der Waals surface area contributed by atoms with Crippen molar-refractivity contribution < 1.29 is 23.6 Å². The highest BCUT2D eigenvalue weighted by atomic mass is 19.1. The molecule has 5 nitrogen and oxygen atoms in total. The van der Waals surface area contributed by atoms with Gasteiger partial charge in [-0.25, -0.2) is 4.39 Å². The van der Waals surface area contributed by atoms with Gasteiger partial charge < -0.3 is 19.3 Å². The second-order valence-corrected chi connectivity index (χ2v) is 7.72. The molecule has 6 heteroatoms. The summed E-state index contributed by atoms with van der Waals surface area (Å²) >= 11 is 0. The van der Waals surface area contributed by atoms with Gasteiger partial charge in [-0.1, -0.05) is 18.2 Å². The Balaban J connectivity index is 1.62. The molecule has 0 bridgehead atoms. The summed E-state index contributed by atoms with van der Waals surface area (Å²) in [7, 11) is 4.92. The molecule has 0 radical (unpaired) electrons. The van der Waals surface area contributed by atoms with Crippen LogP contribution in [0.25, 0.3) is 10.8 Å². The van der Waals surface area contributed by atoms with Crippen LogP contribution in [-0.2, 0) is 17.9 Å². The van der Waals surface area contributed by atoms with E-state index in [1.54, 1.807) is 18.1 Å². The number of rotatable bonds is 9. The van der Waals surface area contributed by atoms with Crippen molar-refractivity contribution in [1.29, 1.82) is 0 Å². The summed E-state index contributed by atoms with van der Waals surface area (Å²) in [6.07, 6.45) is 0. The number of methoxy groups -OCH3 is 2. The monoisotopic (exact) mass is 425 g/mol. The second kappa shape index (κ2) is 10.3. The highest BCUT2D eigenvalue weighted by Crippen LogP contribution is 2.22. The third-order valence-electron chi connectivity index (χ3n) is 5.53. The number of fused-ring (bicyclic) bond motifs is 1. The number of halogens is 1. The Morgan fingerprint density at radius 3 is 2.35 bits per heavy atom. The van der Waals surface area contributed by atoms with Crippen LogP contribution in [0.15, 0.2) is 54.6 Å². The van der Waals surface area contributed by atoms with Gasteiger partial charge in [0.1, 0.15) is 12.3 Å². The van der Waals surface area contributed by atoms with Crippen LogP contribution in [0.4, 0.5) is 4.39 Å². The van der Waals surface area contributed by atoms with Crippen molar-refractivity contribution in [3.8, 4) is 11.5 Å². The SMILES string of the molecule is CC[NH+](CC(=O)N(C)Cc1ccc2cc(OC)ccc2c1)Cc1ccc(OC)c(F)c1. The van der Waals surface area contributed by atoms with Crippen molar-refractivity contribution in [2.45, 2.75) is 20.0 Å².